The topological polar surface area (TPSA) is 36.7 Å². The summed E-state index contributed by atoms with van der Waals surface area (Å²) in [6, 6.07) is 21.9. The highest BCUT2D eigenvalue weighted by Gasteiger charge is 2.06. The van der Waals surface area contributed by atoms with Crippen LogP contribution in [0.3, 0.4) is 0 Å². The van der Waals surface area contributed by atoms with Crippen molar-refractivity contribution < 1.29 is 0 Å². The first-order valence-electron chi connectivity index (χ1n) is 6.39. The number of hydrogen-bond donors (Lipinski definition) is 0. The van der Waals surface area contributed by atoms with E-state index in [1.165, 1.54) is 0 Å². The molecule has 0 aliphatic rings. The average Bonchev–Trinajstić information content (AvgIpc) is 2.53. The summed E-state index contributed by atoms with van der Waals surface area (Å²) in [5.74, 6) is 0. The van der Waals surface area contributed by atoms with Gasteiger partial charge in [-0.25, -0.2) is 0 Å². The molecule has 2 heteroatoms. The summed E-state index contributed by atoms with van der Waals surface area (Å²) in [6.07, 6.45) is 3.65. The number of para-hydroxylation sites is 1. The van der Waals surface area contributed by atoms with E-state index in [-0.39, 0.29) is 0 Å². The van der Waals surface area contributed by atoms with Crippen LogP contribution in [0, 0.1) is 11.3 Å². The van der Waals surface area contributed by atoms with E-state index in [0.29, 0.717) is 5.57 Å². The SMILES string of the molecule is N#C/C(=C/c1ccccc1)c1ccnc2ccccc12. The van der Waals surface area contributed by atoms with Crippen LogP contribution in [-0.2, 0) is 0 Å². The Hall–Kier alpha value is -2.92. The second kappa shape index (κ2) is 5.38. The number of rotatable bonds is 2. The second-order valence-electron chi connectivity index (χ2n) is 4.46. The van der Waals surface area contributed by atoms with E-state index < -0.39 is 0 Å². The lowest BCUT2D eigenvalue weighted by atomic mass is 10.0. The Morgan fingerprint density at radius 2 is 1.70 bits per heavy atom. The summed E-state index contributed by atoms with van der Waals surface area (Å²) < 4.78 is 0. The Morgan fingerprint density at radius 1 is 0.950 bits per heavy atom. The van der Waals surface area contributed by atoms with Crippen molar-refractivity contribution in [2.24, 2.45) is 0 Å². The number of nitrogens with zero attached hydrogens (tertiary/aromatic N) is 2. The van der Waals surface area contributed by atoms with Crippen molar-refractivity contribution in [3.05, 3.63) is 78.0 Å². The molecular formula is C18H12N2. The van der Waals surface area contributed by atoms with Crippen LogP contribution in [0.1, 0.15) is 11.1 Å². The third-order valence-electron chi connectivity index (χ3n) is 3.17. The molecule has 0 aliphatic heterocycles. The third-order valence-corrected chi connectivity index (χ3v) is 3.17. The van der Waals surface area contributed by atoms with Crippen molar-refractivity contribution in [2.45, 2.75) is 0 Å². The van der Waals surface area contributed by atoms with Gasteiger partial charge in [-0.3, -0.25) is 4.98 Å². The number of nitriles is 1. The van der Waals surface area contributed by atoms with Gasteiger partial charge >= 0.3 is 0 Å². The minimum Gasteiger partial charge on any atom is -0.256 e. The Kier molecular flexibility index (Phi) is 3.26. The van der Waals surface area contributed by atoms with Gasteiger partial charge in [0.1, 0.15) is 0 Å². The van der Waals surface area contributed by atoms with E-state index in [1.54, 1.807) is 6.20 Å². The third kappa shape index (κ3) is 2.30. The maximum atomic E-state index is 9.46. The number of benzene rings is 2. The Bertz CT molecular complexity index is 806. The Labute approximate surface area is 117 Å². The van der Waals surface area contributed by atoms with Crippen molar-refractivity contribution in [2.75, 3.05) is 0 Å². The van der Waals surface area contributed by atoms with E-state index >= 15 is 0 Å². The van der Waals surface area contributed by atoms with Crippen LogP contribution in [0.15, 0.2) is 66.9 Å². The summed E-state index contributed by atoms with van der Waals surface area (Å²) in [6.45, 7) is 0. The Morgan fingerprint density at radius 3 is 2.50 bits per heavy atom. The maximum Gasteiger partial charge on any atom is 0.0998 e. The normalized spacial score (nSPS) is 11.2. The van der Waals surface area contributed by atoms with Gasteiger partial charge in [-0.1, -0.05) is 48.5 Å². The zero-order chi connectivity index (χ0) is 13.8. The van der Waals surface area contributed by atoms with Crippen molar-refractivity contribution in [3.63, 3.8) is 0 Å². The van der Waals surface area contributed by atoms with Crippen LogP contribution in [-0.4, -0.2) is 4.98 Å². The molecule has 1 heterocycles. The van der Waals surface area contributed by atoms with Crippen molar-refractivity contribution in [1.82, 2.24) is 4.98 Å². The molecule has 0 amide bonds. The molecule has 0 spiro atoms. The summed E-state index contributed by atoms with van der Waals surface area (Å²) in [7, 11) is 0. The van der Waals surface area contributed by atoms with Crippen LogP contribution in [0.2, 0.25) is 0 Å². The van der Waals surface area contributed by atoms with Gasteiger partial charge in [0.25, 0.3) is 0 Å². The first-order valence-corrected chi connectivity index (χ1v) is 6.39. The molecule has 0 fully saturated rings. The molecule has 94 valence electrons. The molecule has 20 heavy (non-hydrogen) atoms. The molecule has 1 aromatic heterocycles. The highest BCUT2D eigenvalue weighted by atomic mass is 14.6. The molecule has 2 nitrogen and oxygen atoms in total. The largest absolute Gasteiger partial charge is 0.256 e. The zero-order valence-electron chi connectivity index (χ0n) is 10.8. The zero-order valence-corrected chi connectivity index (χ0v) is 10.8. The number of hydrogen-bond acceptors (Lipinski definition) is 2. The molecule has 0 saturated heterocycles. The van der Waals surface area contributed by atoms with Crippen LogP contribution < -0.4 is 0 Å². The standard InChI is InChI=1S/C18H12N2/c19-13-15(12-14-6-2-1-3-7-14)16-10-11-20-18-9-5-4-8-17(16)18/h1-12H/b15-12-. The van der Waals surface area contributed by atoms with Crippen LogP contribution in [0.25, 0.3) is 22.6 Å². The summed E-state index contributed by atoms with van der Waals surface area (Å²) in [4.78, 5) is 4.33. The smallest absolute Gasteiger partial charge is 0.0998 e. The lowest BCUT2D eigenvalue weighted by Crippen LogP contribution is -1.87. The molecular weight excluding hydrogens is 244 g/mol. The lowest BCUT2D eigenvalue weighted by Gasteiger charge is -2.04. The van der Waals surface area contributed by atoms with Gasteiger partial charge in [-0.15, -0.1) is 0 Å². The lowest BCUT2D eigenvalue weighted by molar-refractivity contribution is 1.40. The maximum absolute atomic E-state index is 9.46. The fourth-order valence-electron chi connectivity index (χ4n) is 2.22. The highest BCUT2D eigenvalue weighted by molar-refractivity contribution is 6.00. The van der Waals surface area contributed by atoms with Crippen molar-refractivity contribution in [1.29, 1.82) is 5.26 Å². The summed E-state index contributed by atoms with van der Waals surface area (Å²) in [5.41, 5.74) is 3.49. The van der Waals surface area contributed by atoms with Gasteiger partial charge in [0, 0.05) is 17.1 Å². The molecule has 0 radical (unpaired) electrons. The van der Waals surface area contributed by atoms with E-state index in [9.17, 15) is 5.26 Å². The number of allylic oxidation sites excluding steroid dienone is 1. The first kappa shape index (κ1) is 12.1. The molecule has 0 aliphatic carbocycles. The van der Waals surface area contributed by atoms with E-state index in [0.717, 1.165) is 22.0 Å². The highest BCUT2D eigenvalue weighted by Crippen LogP contribution is 2.24. The number of pyridine rings is 1. The quantitative estimate of drug-likeness (QED) is 0.641. The minimum absolute atomic E-state index is 0.648. The van der Waals surface area contributed by atoms with Gasteiger partial charge in [-0.05, 0) is 23.8 Å². The van der Waals surface area contributed by atoms with Gasteiger partial charge in [-0.2, -0.15) is 5.26 Å². The molecule has 0 N–H and O–H groups in total. The molecule has 3 aromatic rings. The fraction of sp³-hybridized carbons (Fsp3) is 0. The number of aromatic nitrogens is 1. The predicted molar refractivity (Wildman–Crippen MR) is 81.7 cm³/mol. The van der Waals surface area contributed by atoms with E-state index in [1.807, 2.05) is 66.7 Å². The molecule has 3 rings (SSSR count). The molecule has 2 aromatic carbocycles. The van der Waals surface area contributed by atoms with Gasteiger partial charge in [0.2, 0.25) is 0 Å². The molecule has 0 unspecified atom stereocenters. The molecule has 0 saturated carbocycles. The predicted octanol–water partition coefficient (Wildman–Crippen LogP) is 4.30. The Balaban J connectivity index is 2.18. The van der Waals surface area contributed by atoms with E-state index in [2.05, 4.69) is 11.1 Å². The molecule has 0 atom stereocenters. The van der Waals surface area contributed by atoms with Crippen molar-refractivity contribution >= 4 is 22.6 Å². The van der Waals surface area contributed by atoms with Gasteiger partial charge in [0.15, 0.2) is 0 Å². The average molecular weight is 256 g/mol. The van der Waals surface area contributed by atoms with Gasteiger partial charge in [0.05, 0.1) is 17.2 Å². The molecule has 0 bridgehead atoms. The number of fused-ring (bicyclic) bond motifs is 1. The summed E-state index contributed by atoms with van der Waals surface area (Å²) >= 11 is 0. The van der Waals surface area contributed by atoms with Crippen molar-refractivity contribution in [3.8, 4) is 6.07 Å². The van der Waals surface area contributed by atoms with E-state index in [4.69, 9.17) is 0 Å². The summed E-state index contributed by atoms with van der Waals surface area (Å²) in [5, 5.41) is 10.5. The van der Waals surface area contributed by atoms with Crippen LogP contribution in [0.4, 0.5) is 0 Å². The fourth-order valence-corrected chi connectivity index (χ4v) is 2.22. The second-order valence-corrected chi connectivity index (χ2v) is 4.46. The first-order chi connectivity index (χ1) is 9.88. The van der Waals surface area contributed by atoms with Gasteiger partial charge < -0.3 is 0 Å². The van der Waals surface area contributed by atoms with Crippen LogP contribution >= 0.6 is 0 Å². The minimum atomic E-state index is 0.648. The van der Waals surface area contributed by atoms with Crippen LogP contribution in [0.5, 0.6) is 0 Å². The monoisotopic (exact) mass is 256 g/mol.